The maximum Gasteiger partial charge on any atom is 0.251 e. The van der Waals surface area contributed by atoms with Crippen molar-refractivity contribution in [3.8, 4) is 0 Å². The van der Waals surface area contributed by atoms with Gasteiger partial charge in [-0.25, -0.2) is 4.98 Å². The van der Waals surface area contributed by atoms with Gasteiger partial charge in [0.05, 0.1) is 0 Å². The van der Waals surface area contributed by atoms with Crippen molar-refractivity contribution >= 4 is 11.7 Å². The zero-order chi connectivity index (χ0) is 15.7. The van der Waals surface area contributed by atoms with E-state index in [2.05, 4.69) is 34.4 Å². The van der Waals surface area contributed by atoms with E-state index in [0.29, 0.717) is 12.1 Å². The van der Waals surface area contributed by atoms with Crippen molar-refractivity contribution < 1.29 is 4.79 Å². The Hall–Kier alpha value is -1.62. The topological polar surface area (TPSA) is 57.3 Å². The first-order valence-corrected chi connectivity index (χ1v) is 7.82. The number of aromatic nitrogens is 1. The molecule has 0 saturated carbocycles. The average molecular weight is 292 g/mol. The molecule has 0 spiro atoms. The predicted octanol–water partition coefficient (Wildman–Crippen LogP) is 2.15. The van der Waals surface area contributed by atoms with E-state index in [4.69, 9.17) is 0 Å². The fourth-order valence-electron chi connectivity index (χ4n) is 2.00. The number of hydrogen-bond acceptors (Lipinski definition) is 4. The van der Waals surface area contributed by atoms with Gasteiger partial charge in [-0.3, -0.25) is 4.79 Å². The van der Waals surface area contributed by atoms with Crippen molar-refractivity contribution in [2.45, 2.75) is 33.6 Å². The summed E-state index contributed by atoms with van der Waals surface area (Å²) in [5.41, 5.74) is 1.65. The lowest BCUT2D eigenvalue weighted by Crippen LogP contribution is -2.33. The molecule has 0 bridgehead atoms. The highest BCUT2D eigenvalue weighted by molar-refractivity contribution is 5.95. The molecule has 5 heteroatoms. The van der Waals surface area contributed by atoms with Gasteiger partial charge in [0.1, 0.15) is 5.82 Å². The lowest BCUT2D eigenvalue weighted by Gasteiger charge is -2.14. The summed E-state index contributed by atoms with van der Waals surface area (Å²) >= 11 is 0. The largest absolute Gasteiger partial charge is 0.370 e. The summed E-state index contributed by atoms with van der Waals surface area (Å²) in [7, 11) is 2.04. The lowest BCUT2D eigenvalue weighted by molar-refractivity contribution is 0.0950. The number of pyridine rings is 1. The maximum atomic E-state index is 12.2. The van der Waals surface area contributed by atoms with Gasteiger partial charge < -0.3 is 15.5 Å². The smallest absolute Gasteiger partial charge is 0.251 e. The highest BCUT2D eigenvalue weighted by atomic mass is 16.1. The van der Waals surface area contributed by atoms with Crippen LogP contribution in [0.1, 0.15) is 43.2 Å². The molecule has 1 amide bonds. The summed E-state index contributed by atoms with van der Waals surface area (Å²) < 4.78 is 0. The van der Waals surface area contributed by atoms with Gasteiger partial charge in [-0.1, -0.05) is 20.3 Å². The third-order valence-electron chi connectivity index (χ3n) is 3.32. The zero-order valence-electron chi connectivity index (χ0n) is 13.7. The predicted molar refractivity (Wildman–Crippen MR) is 87.9 cm³/mol. The summed E-state index contributed by atoms with van der Waals surface area (Å²) in [5, 5.41) is 6.15. The number of carbonyl (C=O) groups is 1. The van der Waals surface area contributed by atoms with Crippen molar-refractivity contribution in [3.05, 3.63) is 23.4 Å². The number of aryl methyl sites for hydroxylation is 1. The van der Waals surface area contributed by atoms with E-state index in [-0.39, 0.29) is 5.91 Å². The summed E-state index contributed by atoms with van der Waals surface area (Å²) in [5.74, 6) is 0.748. The number of nitrogens with one attached hydrogen (secondary N) is 2. The van der Waals surface area contributed by atoms with Crippen LogP contribution in [0.2, 0.25) is 0 Å². The van der Waals surface area contributed by atoms with Gasteiger partial charge in [-0.15, -0.1) is 0 Å². The van der Waals surface area contributed by atoms with Crippen LogP contribution >= 0.6 is 0 Å². The molecule has 0 aliphatic heterocycles. The first kappa shape index (κ1) is 17.4. The molecule has 1 rings (SSSR count). The molecule has 21 heavy (non-hydrogen) atoms. The second-order valence-electron chi connectivity index (χ2n) is 5.16. The summed E-state index contributed by atoms with van der Waals surface area (Å²) in [6, 6.07) is 3.71. The van der Waals surface area contributed by atoms with Crippen LogP contribution in [0.3, 0.4) is 0 Å². The molecule has 0 aromatic carbocycles. The second kappa shape index (κ2) is 9.34. The SMILES string of the molecule is CCCc1cc(C(=O)NCCN(C)CC)cc(NCC)n1. The Balaban J connectivity index is 2.72. The van der Waals surface area contributed by atoms with E-state index < -0.39 is 0 Å². The van der Waals surface area contributed by atoms with Crippen molar-refractivity contribution in [3.63, 3.8) is 0 Å². The molecular formula is C16H28N4O. The lowest BCUT2D eigenvalue weighted by atomic mass is 10.1. The molecule has 118 valence electrons. The van der Waals surface area contributed by atoms with Gasteiger partial charge in [0.15, 0.2) is 0 Å². The molecule has 2 N–H and O–H groups in total. The number of hydrogen-bond donors (Lipinski definition) is 2. The minimum Gasteiger partial charge on any atom is -0.370 e. The van der Waals surface area contributed by atoms with Gasteiger partial charge in [0, 0.05) is 30.9 Å². The number of nitrogens with zero attached hydrogens (tertiary/aromatic N) is 2. The molecule has 0 unspecified atom stereocenters. The van der Waals surface area contributed by atoms with Gasteiger partial charge >= 0.3 is 0 Å². The third-order valence-corrected chi connectivity index (χ3v) is 3.32. The van der Waals surface area contributed by atoms with Crippen LogP contribution in [-0.4, -0.2) is 49.0 Å². The molecule has 0 aliphatic carbocycles. The molecule has 0 atom stereocenters. The van der Waals surface area contributed by atoms with Gasteiger partial charge in [-0.2, -0.15) is 0 Å². The van der Waals surface area contributed by atoms with Gasteiger partial charge in [0.2, 0.25) is 0 Å². The van der Waals surface area contributed by atoms with E-state index >= 15 is 0 Å². The normalized spacial score (nSPS) is 10.7. The van der Waals surface area contributed by atoms with Crippen LogP contribution in [0.15, 0.2) is 12.1 Å². The van der Waals surface area contributed by atoms with E-state index in [1.165, 1.54) is 0 Å². The van der Waals surface area contributed by atoms with Crippen molar-refractivity contribution in [1.82, 2.24) is 15.2 Å². The molecule has 1 aromatic heterocycles. The van der Waals surface area contributed by atoms with Crippen LogP contribution < -0.4 is 10.6 Å². The van der Waals surface area contributed by atoms with Crippen LogP contribution in [-0.2, 0) is 6.42 Å². The zero-order valence-corrected chi connectivity index (χ0v) is 13.7. The van der Waals surface area contributed by atoms with E-state index in [1.54, 1.807) is 0 Å². The molecule has 1 aromatic rings. The third kappa shape index (κ3) is 6.12. The Labute approximate surface area is 128 Å². The van der Waals surface area contributed by atoms with E-state index in [1.807, 2.05) is 26.1 Å². The number of carbonyl (C=O) groups excluding carboxylic acids is 1. The summed E-state index contributed by atoms with van der Waals surface area (Å²) in [4.78, 5) is 18.9. The Morgan fingerprint density at radius 2 is 2.05 bits per heavy atom. The first-order chi connectivity index (χ1) is 10.1. The van der Waals surface area contributed by atoms with Crippen molar-refractivity contribution in [2.75, 3.05) is 38.5 Å². The Morgan fingerprint density at radius 1 is 1.29 bits per heavy atom. The summed E-state index contributed by atoms with van der Waals surface area (Å²) in [6.45, 7) is 9.53. The van der Waals surface area contributed by atoms with Crippen LogP contribution in [0.5, 0.6) is 0 Å². The molecule has 0 saturated heterocycles. The number of anilines is 1. The fourth-order valence-corrected chi connectivity index (χ4v) is 2.00. The fraction of sp³-hybridized carbons (Fsp3) is 0.625. The van der Waals surface area contributed by atoms with Crippen LogP contribution in [0, 0.1) is 0 Å². The minimum atomic E-state index is -0.0293. The van der Waals surface area contributed by atoms with Crippen molar-refractivity contribution in [2.24, 2.45) is 0 Å². The van der Waals surface area contributed by atoms with Crippen molar-refractivity contribution in [1.29, 1.82) is 0 Å². The van der Waals surface area contributed by atoms with E-state index in [9.17, 15) is 4.79 Å². The van der Waals surface area contributed by atoms with Crippen LogP contribution in [0.4, 0.5) is 5.82 Å². The standard InChI is InChI=1S/C16H28N4O/c1-5-8-14-11-13(12-15(19-14)17-6-2)16(21)18-9-10-20(4)7-3/h11-12H,5-10H2,1-4H3,(H,17,19)(H,18,21). The molecule has 5 nitrogen and oxygen atoms in total. The molecule has 0 radical (unpaired) electrons. The first-order valence-electron chi connectivity index (χ1n) is 7.82. The monoisotopic (exact) mass is 292 g/mol. The maximum absolute atomic E-state index is 12.2. The highest BCUT2D eigenvalue weighted by Crippen LogP contribution is 2.12. The molecule has 1 heterocycles. The second-order valence-corrected chi connectivity index (χ2v) is 5.16. The van der Waals surface area contributed by atoms with Crippen LogP contribution in [0.25, 0.3) is 0 Å². The summed E-state index contributed by atoms with van der Waals surface area (Å²) in [6.07, 6.45) is 1.91. The van der Waals surface area contributed by atoms with E-state index in [0.717, 1.165) is 44.0 Å². The number of rotatable bonds is 9. The molecular weight excluding hydrogens is 264 g/mol. The Kier molecular flexibility index (Phi) is 7.75. The number of amides is 1. The number of likely N-dealkylation sites (N-methyl/N-ethyl adjacent to an activating group) is 1. The average Bonchev–Trinajstić information content (AvgIpc) is 2.47. The Bertz CT molecular complexity index is 424. The highest BCUT2D eigenvalue weighted by Gasteiger charge is 2.09. The molecule has 0 fully saturated rings. The molecule has 0 aliphatic rings. The quantitative estimate of drug-likeness (QED) is 0.732. The van der Waals surface area contributed by atoms with Gasteiger partial charge in [-0.05, 0) is 39.1 Å². The minimum absolute atomic E-state index is 0.0293. The van der Waals surface area contributed by atoms with Gasteiger partial charge in [0.25, 0.3) is 5.91 Å². The Morgan fingerprint density at radius 3 is 2.67 bits per heavy atom.